The first-order valence-corrected chi connectivity index (χ1v) is 6.61. The van der Waals surface area contributed by atoms with Crippen molar-refractivity contribution in [1.29, 1.82) is 0 Å². The van der Waals surface area contributed by atoms with E-state index in [4.69, 9.17) is 14.2 Å². The van der Waals surface area contributed by atoms with Gasteiger partial charge in [0.2, 0.25) is 6.79 Å². The van der Waals surface area contributed by atoms with Crippen LogP contribution in [-0.4, -0.2) is 19.7 Å². The van der Waals surface area contributed by atoms with Crippen molar-refractivity contribution in [2.45, 2.75) is 27.2 Å². The Balaban J connectivity index is 2.05. The van der Waals surface area contributed by atoms with Gasteiger partial charge in [-0.05, 0) is 24.3 Å². The van der Waals surface area contributed by atoms with Crippen LogP contribution < -0.4 is 14.2 Å². The number of aldehydes is 1. The van der Waals surface area contributed by atoms with Gasteiger partial charge in [0.05, 0.1) is 12.2 Å². The lowest BCUT2D eigenvalue weighted by Crippen LogP contribution is -2.11. The van der Waals surface area contributed by atoms with Crippen LogP contribution in [0.4, 0.5) is 0 Å². The summed E-state index contributed by atoms with van der Waals surface area (Å²) in [7, 11) is 0. The zero-order chi connectivity index (χ0) is 13.8. The molecule has 2 rings (SSSR count). The van der Waals surface area contributed by atoms with Gasteiger partial charge in [-0.2, -0.15) is 0 Å². The summed E-state index contributed by atoms with van der Waals surface area (Å²) >= 11 is 0. The monoisotopic (exact) mass is 264 g/mol. The Bertz CT molecular complexity index is 454. The average molecular weight is 264 g/mol. The molecule has 1 aliphatic rings. The highest BCUT2D eigenvalue weighted by Gasteiger charge is 2.18. The van der Waals surface area contributed by atoms with Gasteiger partial charge in [-0.25, -0.2) is 0 Å². The van der Waals surface area contributed by atoms with E-state index in [1.54, 1.807) is 12.1 Å². The Morgan fingerprint density at radius 1 is 1.26 bits per heavy atom. The zero-order valence-corrected chi connectivity index (χ0v) is 11.6. The molecule has 0 aliphatic carbocycles. The van der Waals surface area contributed by atoms with Crippen molar-refractivity contribution in [3.8, 4) is 17.2 Å². The van der Waals surface area contributed by atoms with E-state index in [0.717, 1.165) is 12.7 Å². The van der Waals surface area contributed by atoms with Crippen LogP contribution >= 0.6 is 0 Å². The number of carbonyl (C=O) groups excluding carboxylic acids is 1. The normalized spacial score (nSPS) is 14.5. The summed E-state index contributed by atoms with van der Waals surface area (Å²) in [5.41, 5.74) is 0.501. The molecule has 0 spiro atoms. The smallest absolute Gasteiger partial charge is 0.231 e. The maximum atomic E-state index is 11.1. The fraction of sp³-hybridized carbons (Fsp3) is 0.533. The highest BCUT2D eigenvalue weighted by Crippen LogP contribution is 2.37. The van der Waals surface area contributed by atoms with Crippen molar-refractivity contribution >= 4 is 6.29 Å². The van der Waals surface area contributed by atoms with E-state index in [9.17, 15) is 4.79 Å². The molecule has 4 nitrogen and oxygen atoms in total. The minimum absolute atomic E-state index is 0.195. The second kappa shape index (κ2) is 5.95. The molecular formula is C15H20O4. The number of benzene rings is 1. The number of carbonyl (C=O) groups is 1. The van der Waals surface area contributed by atoms with Crippen LogP contribution in [0.25, 0.3) is 0 Å². The number of rotatable bonds is 6. The van der Waals surface area contributed by atoms with E-state index in [1.165, 1.54) is 0 Å². The fourth-order valence-electron chi connectivity index (χ4n) is 2.26. The summed E-state index contributed by atoms with van der Waals surface area (Å²) in [6.45, 7) is 7.31. The van der Waals surface area contributed by atoms with Crippen molar-refractivity contribution in [2.75, 3.05) is 13.4 Å². The molecule has 1 unspecified atom stereocenters. The number of hydrogen-bond donors (Lipinski definition) is 0. The topological polar surface area (TPSA) is 44.8 Å². The highest BCUT2D eigenvalue weighted by atomic mass is 16.7. The first-order chi connectivity index (χ1) is 9.10. The molecule has 0 bridgehead atoms. The first-order valence-electron chi connectivity index (χ1n) is 6.61. The van der Waals surface area contributed by atoms with Crippen LogP contribution in [0.3, 0.4) is 0 Å². The summed E-state index contributed by atoms with van der Waals surface area (Å²) in [5.74, 6) is 2.89. The summed E-state index contributed by atoms with van der Waals surface area (Å²) < 4.78 is 16.3. The van der Waals surface area contributed by atoms with Gasteiger partial charge in [-0.1, -0.05) is 20.8 Å². The van der Waals surface area contributed by atoms with Crippen LogP contribution in [0.5, 0.6) is 17.2 Å². The summed E-state index contributed by atoms with van der Waals surface area (Å²) in [6, 6.07) is 3.39. The molecule has 0 saturated carbocycles. The summed E-state index contributed by atoms with van der Waals surface area (Å²) in [4.78, 5) is 11.1. The van der Waals surface area contributed by atoms with Crippen molar-refractivity contribution in [3.63, 3.8) is 0 Å². The molecule has 1 aliphatic heterocycles. The number of fused-ring (bicyclic) bond motifs is 1. The van der Waals surface area contributed by atoms with Gasteiger partial charge < -0.3 is 14.2 Å². The Labute approximate surface area is 113 Å². The van der Waals surface area contributed by atoms with E-state index in [0.29, 0.717) is 41.3 Å². The molecule has 0 saturated heterocycles. The molecule has 4 heteroatoms. The Hall–Kier alpha value is -1.71. The largest absolute Gasteiger partial charge is 0.492 e. The molecule has 19 heavy (non-hydrogen) atoms. The van der Waals surface area contributed by atoms with Crippen LogP contribution in [0.1, 0.15) is 37.6 Å². The van der Waals surface area contributed by atoms with Gasteiger partial charge in [-0.3, -0.25) is 4.79 Å². The molecular weight excluding hydrogens is 244 g/mol. The van der Waals surface area contributed by atoms with Crippen LogP contribution in [0.2, 0.25) is 0 Å². The van der Waals surface area contributed by atoms with Crippen LogP contribution in [0, 0.1) is 11.8 Å². The lowest BCUT2D eigenvalue weighted by Gasteiger charge is -2.16. The van der Waals surface area contributed by atoms with Crippen LogP contribution in [-0.2, 0) is 0 Å². The molecule has 1 aromatic carbocycles. The quantitative estimate of drug-likeness (QED) is 0.740. The SMILES string of the molecule is CC(C)CC(C)COc1cc2c(cc1C=O)OCO2. The molecule has 0 radical (unpaired) electrons. The molecule has 0 N–H and O–H groups in total. The van der Waals surface area contributed by atoms with E-state index >= 15 is 0 Å². The maximum Gasteiger partial charge on any atom is 0.231 e. The van der Waals surface area contributed by atoms with E-state index < -0.39 is 0 Å². The predicted octanol–water partition coefficient (Wildman–Crippen LogP) is 3.29. The number of hydrogen-bond acceptors (Lipinski definition) is 4. The van der Waals surface area contributed by atoms with Gasteiger partial charge >= 0.3 is 0 Å². The van der Waals surface area contributed by atoms with Crippen LogP contribution in [0.15, 0.2) is 12.1 Å². The predicted molar refractivity (Wildman–Crippen MR) is 72.1 cm³/mol. The third kappa shape index (κ3) is 3.40. The van der Waals surface area contributed by atoms with Gasteiger partial charge in [-0.15, -0.1) is 0 Å². The third-order valence-electron chi connectivity index (χ3n) is 3.03. The van der Waals surface area contributed by atoms with Crippen molar-refractivity contribution in [2.24, 2.45) is 11.8 Å². The summed E-state index contributed by atoms with van der Waals surface area (Å²) in [5, 5.41) is 0. The van der Waals surface area contributed by atoms with Crippen molar-refractivity contribution in [1.82, 2.24) is 0 Å². The van der Waals surface area contributed by atoms with Crippen molar-refractivity contribution < 1.29 is 19.0 Å². The average Bonchev–Trinajstić information content (AvgIpc) is 2.81. The molecule has 1 atom stereocenters. The van der Waals surface area contributed by atoms with E-state index in [1.807, 2.05) is 0 Å². The molecule has 1 aromatic rings. The van der Waals surface area contributed by atoms with E-state index in [2.05, 4.69) is 20.8 Å². The highest BCUT2D eigenvalue weighted by molar-refractivity contribution is 5.81. The van der Waals surface area contributed by atoms with Crippen molar-refractivity contribution in [3.05, 3.63) is 17.7 Å². The number of ether oxygens (including phenoxy) is 3. The molecule has 0 amide bonds. The minimum Gasteiger partial charge on any atom is -0.492 e. The zero-order valence-electron chi connectivity index (χ0n) is 11.6. The van der Waals surface area contributed by atoms with E-state index in [-0.39, 0.29) is 6.79 Å². The van der Waals surface area contributed by atoms with Gasteiger partial charge in [0.15, 0.2) is 17.8 Å². The molecule has 104 valence electrons. The van der Waals surface area contributed by atoms with Gasteiger partial charge in [0.25, 0.3) is 0 Å². The standard InChI is InChI=1S/C15H20O4/c1-10(2)4-11(3)8-17-13-6-15-14(18-9-19-15)5-12(13)7-16/h5-7,10-11H,4,8-9H2,1-3H3. The molecule has 0 fully saturated rings. The Morgan fingerprint density at radius 2 is 1.95 bits per heavy atom. The Kier molecular flexibility index (Phi) is 4.30. The molecule has 0 aromatic heterocycles. The second-order valence-electron chi connectivity index (χ2n) is 5.41. The minimum atomic E-state index is 0.195. The third-order valence-corrected chi connectivity index (χ3v) is 3.03. The lowest BCUT2D eigenvalue weighted by atomic mass is 10.00. The summed E-state index contributed by atoms with van der Waals surface area (Å²) in [6.07, 6.45) is 1.88. The maximum absolute atomic E-state index is 11.1. The van der Waals surface area contributed by atoms with Gasteiger partial charge in [0, 0.05) is 6.07 Å². The lowest BCUT2D eigenvalue weighted by molar-refractivity contribution is 0.111. The second-order valence-corrected chi connectivity index (χ2v) is 5.41. The Morgan fingerprint density at radius 3 is 2.58 bits per heavy atom. The fourth-order valence-corrected chi connectivity index (χ4v) is 2.26. The van der Waals surface area contributed by atoms with Gasteiger partial charge in [0.1, 0.15) is 5.75 Å². The first kappa shape index (κ1) is 13.7. The molecule has 1 heterocycles.